The van der Waals surface area contributed by atoms with Gasteiger partial charge in [0.2, 0.25) is 0 Å². The van der Waals surface area contributed by atoms with Gasteiger partial charge in [0.1, 0.15) is 11.6 Å². The largest absolute Gasteiger partial charge is 0.398 e. The van der Waals surface area contributed by atoms with Crippen LogP contribution in [0, 0.1) is 17.0 Å². The number of aliphatic hydroxyl groups excluding tert-OH is 1. The topological polar surface area (TPSA) is 75.0 Å². The Kier molecular flexibility index (Phi) is 6.45. The third-order valence-electron chi connectivity index (χ3n) is 3.93. The minimum Gasteiger partial charge on any atom is -0.398 e. The summed E-state index contributed by atoms with van der Waals surface area (Å²) in [5.41, 5.74) is 7.20. The summed E-state index contributed by atoms with van der Waals surface area (Å²) >= 11 is 3.20. The molecule has 0 aliphatic heterocycles. The number of halogens is 3. The van der Waals surface area contributed by atoms with Gasteiger partial charge < -0.3 is 16.2 Å². The first-order valence-electron chi connectivity index (χ1n) is 7.66. The number of nitrogens with one attached hydrogen (secondary N) is 1. The number of aliphatic hydroxyl groups is 1. The minimum atomic E-state index is -0.524. The number of aromatic nitrogens is 1. The summed E-state index contributed by atoms with van der Waals surface area (Å²) in [4.78, 5) is 0.858. The molecule has 9 heteroatoms. The lowest BCUT2D eigenvalue weighted by molar-refractivity contribution is 0.279. The third-order valence-corrected chi connectivity index (χ3v) is 6.81. The highest BCUT2D eigenvalue weighted by molar-refractivity contribution is 14.2. The van der Waals surface area contributed by atoms with Crippen LogP contribution in [0.4, 0.5) is 8.78 Å². The zero-order valence-corrected chi connectivity index (χ0v) is 17.5. The van der Waals surface area contributed by atoms with Gasteiger partial charge in [-0.25, -0.2) is 8.78 Å². The fraction of sp³-hybridized carbons (Fsp3) is 0.0556. The Morgan fingerprint density at radius 3 is 2.70 bits per heavy atom. The zero-order valence-electron chi connectivity index (χ0n) is 13.7. The summed E-state index contributed by atoms with van der Waals surface area (Å²) < 4.78 is 30.7. The number of benzene rings is 2. The number of nitrogens with zero attached hydrogens (tertiary/aromatic N) is 1. The van der Waals surface area contributed by atoms with Crippen molar-refractivity contribution >= 4 is 64.9 Å². The molecule has 3 aromatic rings. The van der Waals surface area contributed by atoms with Crippen molar-refractivity contribution in [3.63, 3.8) is 0 Å². The Bertz CT molecular complexity index is 1050. The van der Waals surface area contributed by atoms with Gasteiger partial charge in [0, 0.05) is 75.9 Å². The highest BCUT2D eigenvalue weighted by Gasteiger charge is 2.18. The maximum Gasteiger partial charge on any atom is 0.139 e. The predicted octanol–water partition coefficient (Wildman–Crippen LogP) is 5.36. The minimum absolute atomic E-state index is 0.111. The summed E-state index contributed by atoms with van der Waals surface area (Å²) in [6.45, 7) is -0.323. The van der Waals surface area contributed by atoms with E-state index in [0.717, 1.165) is 23.4 Å². The maximum absolute atomic E-state index is 14.8. The lowest BCUT2D eigenvalue weighted by Gasteiger charge is -2.12. The van der Waals surface area contributed by atoms with E-state index in [4.69, 9.17) is 11.1 Å². The van der Waals surface area contributed by atoms with Crippen LogP contribution in [0.2, 0.25) is 0 Å². The molecule has 0 amide bonds. The summed E-state index contributed by atoms with van der Waals surface area (Å²) in [7, 11) is 1.41. The second kappa shape index (κ2) is 8.63. The van der Waals surface area contributed by atoms with Gasteiger partial charge >= 0.3 is 0 Å². The van der Waals surface area contributed by atoms with Crippen molar-refractivity contribution < 1.29 is 13.9 Å². The fourth-order valence-electron chi connectivity index (χ4n) is 2.69. The first kappa shape index (κ1) is 20.2. The van der Waals surface area contributed by atoms with Gasteiger partial charge in [-0.05, 0) is 30.3 Å². The second-order valence-corrected chi connectivity index (χ2v) is 8.30. The van der Waals surface area contributed by atoms with Gasteiger partial charge in [0.15, 0.2) is 0 Å². The smallest absolute Gasteiger partial charge is 0.139 e. The van der Waals surface area contributed by atoms with Gasteiger partial charge in [0.25, 0.3) is 0 Å². The van der Waals surface area contributed by atoms with E-state index < -0.39 is 11.6 Å². The van der Waals surface area contributed by atoms with Crippen LogP contribution in [0.5, 0.6) is 0 Å². The van der Waals surface area contributed by atoms with Crippen molar-refractivity contribution in [1.82, 2.24) is 3.97 Å². The average Bonchev–Trinajstić information content (AvgIpc) is 3.06. The van der Waals surface area contributed by atoms with Gasteiger partial charge in [-0.15, -0.1) is 0 Å². The molecule has 1 aromatic heterocycles. The van der Waals surface area contributed by atoms with Gasteiger partial charge in [-0.2, -0.15) is 0 Å². The molecule has 4 N–H and O–H groups in total. The van der Waals surface area contributed by atoms with E-state index in [1.165, 1.54) is 39.5 Å². The molecule has 0 saturated heterocycles. The first-order valence-corrected chi connectivity index (χ1v) is 11.8. The number of hydrogen-bond acceptors (Lipinski definition) is 5. The van der Waals surface area contributed by atoms with E-state index in [2.05, 4.69) is 21.2 Å². The molecule has 0 aliphatic carbocycles. The average molecular weight is 517 g/mol. The molecule has 2 aromatic carbocycles. The second-order valence-electron chi connectivity index (χ2n) is 5.50. The number of fused-ring (bicyclic) bond motifs is 1. The number of rotatable bonds is 6. The summed E-state index contributed by atoms with van der Waals surface area (Å²) in [5.74, 6) is -0.986. The molecular weight excluding hydrogens is 503 g/mol. The molecule has 0 radical (unpaired) electrons. The van der Waals surface area contributed by atoms with Crippen LogP contribution in [0.1, 0.15) is 11.1 Å². The monoisotopic (exact) mass is 517 g/mol. The highest BCUT2D eigenvalue weighted by Crippen LogP contribution is 2.39. The van der Waals surface area contributed by atoms with E-state index in [1.807, 2.05) is 16.2 Å². The zero-order chi connectivity index (χ0) is 19.6. The van der Waals surface area contributed by atoms with E-state index in [0.29, 0.717) is 16.0 Å². The van der Waals surface area contributed by atoms with Crippen LogP contribution in [-0.4, -0.2) is 15.3 Å². The molecule has 0 aliphatic rings. The molecule has 0 unspecified atom stereocenters. The summed E-state index contributed by atoms with van der Waals surface area (Å²) in [5, 5.41) is 17.7. The fourth-order valence-corrected chi connectivity index (χ4v) is 5.05. The summed E-state index contributed by atoms with van der Waals surface area (Å²) in [6, 6.07) is 7.54. The molecule has 0 bridgehead atoms. The molecule has 0 saturated carbocycles. The lowest BCUT2D eigenvalue weighted by Crippen LogP contribution is -2.00. The molecule has 3 rings (SSSR count). The first-order chi connectivity index (χ1) is 13.0. The Labute approximate surface area is 175 Å². The van der Waals surface area contributed by atoms with E-state index in [-0.39, 0.29) is 22.8 Å². The van der Waals surface area contributed by atoms with Crippen LogP contribution in [0.15, 0.2) is 52.4 Å². The van der Waals surface area contributed by atoms with E-state index in [9.17, 15) is 13.9 Å². The van der Waals surface area contributed by atoms with Gasteiger partial charge in [0.05, 0.1) is 17.0 Å². The lowest BCUT2D eigenvalue weighted by atomic mass is 10.1. The van der Waals surface area contributed by atoms with Crippen molar-refractivity contribution in [2.45, 2.75) is 16.4 Å². The van der Waals surface area contributed by atoms with Crippen molar-refractivity contribution in [2.75, 3.05) is 0 Å². The van der Waals surface area contributed by atoms with Crippen LogP contribution in [0.3, 0.4) is 0 Å². The van der Waals surface area contributed by atoms with E-state index in [1.54, 1.807) is 0 Å². The SMILES string of the molecule is N=C/C=C(\N)c1cc(Sc2c(F)cc3c(ccn3SI)c2CO)ccc1F. The van der Waals surface area contributed by atoms with Crippen molar-refractivity contribution in [3.8, 4) is 0 Å². The Hall–Kier alpha value is -1.56. The van der Waals surface area contributed by atoms with Crippen LogP contribution in [0.25, 0.3) is 16.6 Å². The Balaban J connectivity index is 2.09. The number of allylic oxidation sites excluding steroid dienone is 1. The molecule has 0 fully saturated rings. The van der Waals surface area contributed by atoms with Crippen molar-refractivity contribution in [1.29, 1.82) is 5.41 Å². The molecule has 27 heavy (non-hydrogen) atoms. The van der Waals surface area contributed by atoms with Crippen molar-refractivity contribution in [3.05, 3.63) is 65.4 Å². The molecule has 0 spiro atoms. The number of nitrogens with two attached hydrogens (primary N) is 1. The molecule has 140 valence electrons. The Morgan fingerprint density at radius 2 is 2.04 bits per heavy atom. The van der Waals surface area contributed by atoms with Crippen molar-refractivity contribution in [2.24, 2.45) is 5.73 Å². The maximum atomic E-state index is 14.8. The standard InChI is InChI=1S/C18H14F2IN3OS2/c19-14-2-1-10(7-12(14)16(23)3-5-22)26-18-13(9-25)11-4-6-24(27-21)17(11)8-15(18)20/h1-8,22,25H,9,23H2/b16-3-,22-5?. The van der Waals surface area contributed by atoms with Crippen LogP contribution >= 0.6 is 42.1 Å². The molecule has 1 heterocycles. The number of hydrogen-bond donors (Lipinski definition) is 3. The summed E-state index contributed by atoms with van der Waals surface area (Å²) in [6.07, 6.45) is 4.07. The van der Waals surface area contributed by atoms with Crippen LogP contribution in [-0.2, 0) is 6.61 Å². The highest BCUT2D eigenvalue weighted by atomic mass is 127. The van der Waals surface area contributed by atoms with Crippen LogP contribution < -0.4 is 5.73 Å². The van der Waals surface area contributed by atoms with E-state index >= 15 is 0 Å². The molecule has 4 nitrogen and oxygen atoms in total. The normalized spacial score (nSPS) is 11.9. The van der Waals surface area contributed by atoms with Gasteiger partial charge in [-0.3, -0.25) is 3.97 Å². The predicted molar refractivity (Wildman–Crippen MR) is 116 cm³/mol. The Morgan fingerprint density at radius 1 is 1.26 bits per heavy atom. The quantitative estimate of drug-likeness (QED) is 0.304. The van der Waals surface area contributed by atoms with Gasteiger partial charge in [-0.1, -0.05) is 11.8 Å². The molecule has 0 atom stereocenters. The third kappa shape index (κ3) is 4.00. The molecular formula is C18H14F2IN3OS2.